The number of unbranched alkanes of at least 4 members (excludes halogenated alkanes) is 6. The van der Waals surface area contributed by atoms with Gasteiger partial charge in [0.1, 0.15) is 0 Å². The Balaban J connectivity index is 0. The molecule has 90 valence electrons. The van der Waals surface area contributed by atoms with Crippen LogP contribution in [0.4, 0.5) is 0 Å². The van der Waals surface area contributed by atoms with Gasteiger partial charge in [-0.25, -0.2) is 0 Å². The van der Waals surface area contributed by atoms with Crippen LogP contribution in [0.3, 0.4) is 0 Å². The molecule has 0 bridgehead atoms. The third-order valence-electron chi connectivity index (χ3n) is 2.03. The first-order chi connectivity index (χ1) is 7.18. The van der Waals surface area contributed by atoms with Crippen LogP contribution in [0.5, 0.6) is 0 Å². The monoisotopic (exact) mass is 216 g/mol. The topological polar surface area (TPSA) is 86.2 Å². The standard InChI is InChI=1S/C10H21NO.CH3NO/c1-2-3-4-5-6-7-8-9-10(11)12;2-1-3/h2-9H2,1H3,(H2,11,12);1H,(H2,2,3). The molecule has 4 nitrogen and oxygen atoms in total. The van der Waals surface area contributed by atoms with E-state index in [4.69, 9.17) is 10.5 Å². The third-order valence-corrected chi connectivity index (χ3v) is 2.03. The largest absolute Gasteiger partial charge is 0.372 e. The van der Waals surface area contributed by atoms with Crippen molar-refractivity contribution in [2.45, 2.75) is 58.3 Å². The molecule has 0 aliphatic rings. The van der Waals surface area contributed by atoms with Gasteiger partial charge in [0, 0.05) is 6.42 Å². The van der Waals surface area contributed by atoms with Crippen molar-refractivity contribution >= 4 is 12.3 Å². The molecule has 0 aromatic carbocycles. The van der Waals surface area contributed by atoms with Crippen molar-refractivity contribution in [1.82, 2.24) is 0 Å². The van der Waals surface area contributed by atoms with Crippen molar-refractivity contribution in [2.24, 2.45) is 11.5 Å². The summed E-state index contributed by atoms with van der Waals surface area (Å²) < 4.78 is 0. The fourth-order valence-corrected chi connectivity index (χ4v) is 1.26. The van der Waals surface area contributed by atoms with E-state index in [9.17, 15) is 4.79 Å². The lowest BCUT2D eigenvalue weighted by atomic mass is 10.1. The Morgan fingerprint density at radius 3 is 1.87 bits per heavy atom. The van der Waals surface area contributed by atoms with Crippen LogP contribution >= 0.6 is 0 Å². The van der Waals surface area contributed by atoms with E-state index < -0.39 is 0 Å². The van der Waals surface area contributed by atoms with E-state index in [1.165, 1.54) is 32.1 Å². The minimum absolute atomic E-state index is 0.163. The lowest BCUT2D eigenvalue weighted by Gasteiger charge is -1.98. The molecular formula is C11H24N2O2. The number of nitrogens with two attached hydrogens (primary N) is 2. The van der Waals surface area contributed by atoms with E-state index in [-0.39, 0.29) is 12.3 Å². The van der Waals surface area contributed by atoms with Crippen LogP contribution in [0, 0.1) is 0 Å². The zero-order valence-electron chi connectivity index (χ0n) is 9.71. The van der Waals surface area contributed by atoms with Gasteiger partial charge in [0.2, 0.25) is 12.3 Å². The Labute approximate surface area is 92.4 Å². The van der Waals surface area contributed by atoms with Crippen LogP contribution in [0.25, 0.3) is 0 Å². The van der Waals surface area contributed by atoms with Crippen molar-refractivity contribution < 1.29 is 9.59 Å². The van der Waals surface area contributed by atoms with Gasteiger partial charge >= 0.3 is 0 Å². The van der Waals surface area contributed by atoms with E-state index >= 15 is 0 Å². The summed E-state index contributed by atoms with van der Waals surface area (Å²) in [5.41, 5.74) is 9.18. The highest BCUT2D eigenvalue weighted by atomic mass is 16.1. The highest BCUT2D eigenvalue weighted by Gasteiger charge is 1.94. The highest BCUT2D eigenvalue weighted by molar-refractivity contribution is 5.73. The second-order valence-corrected chi connectivity index (χ2v) is 3.47. The maximum atomic E-state index is 10.4. The molecule has 0 saturated heterocycles. The smallest absolute Gasteiger partial charge is 0.217 e. The first-order valence-corrected chi connectivity index (χ1v) is 5.62. The molecule has 4 heteroatoms. The van der Waals surface area contributed by atoms with Crippen LogP contribution in [0.2, 0.25) is 0 Å². The summed E-state index contributed by atoms with van der Waals surface area (Å²) in [5.74, 6) is -0.163. The fraction of sp³-hybridized carbons (Fsp3) is 0.818. The number of rotatable bonds is 8. The molecule has 0 heterocycles. The number of hydrogen-bond donors (Lipinski definition) is 2. The molecule has 0 aromatic heterocycles. The van der Waals surface area contributed by atoms with Gasteiger partial charge in [0.25, 0.3) is 0 Å². The molecule has 0 aliphatic heterocycles. The molecule has 0 radical (unpaired) electrons. The van der Waals surface area contributed by atoms with Crippen molar-refractivity contribution in [3.05, 3.63) is 0 Å². The number of hydrogen-bond acceptors (Lipinski definition) is 2. The summed E-state index contributed by atoms with van der Waals surface area (Å²) in [6, 6.07) is 0. The Kier molecular flexibility index (Phi) is 16.8. The number of amides is 2. The summed E-state index contributed by atoms with van der Waals surface area (Å²) in [4.78, 5) is 18.9. The molecule has 4 N–H and O–H groups in total. The maximum Gasteiger partial charge on any atom is 0.217 e. The van der Waals surface area contributed by atoms with Gasteiger partial charge in [-0.15, -0.1) is 0 Å². The molecule has 0 spiro atoms. The van der Waals surface area contributed by atoms with Crippen molar-refractivity contribution in [2.75, 3.05) is 0 Å². The van der Waals surface area contributed by atoms with Crippen molar-refractivity contribution in [1.29, 1.82) is 0 Å². The average Bonchev–Trinajstić information content (AvgIpc) is 2.17. The lowest BCUT2D eigenvalue weighted by Crippen LogP contribution is -2.09. The number of primary amides is 2. The summed E-state index contributed by atoms with van der Waals surface area (Å²) in [6.45, 7) is 2.22. The predicted octanol–water partition coefficient (Wildman–Crippen LogP) is 1.71. The molecular weight excluding hydrogens is 192 g/mol. The Bertz CT molecular complexity index is 150. The van der Waals surface area contributed by atoms with Crippen LogP contribution in [-0.4, -0.2) is 12.3 Å². The van der Waals surface area contributed by atoms with Crippen LogP contribution in [0.1, 0.15) is 58.3 Å². The number of carbonyl (C=O) groups is 2. The Morgan fingerprint density at radius 1 is 1.07 bits per heavy atom. The van der Waals surface area contributed by atoms with Crippen molar-refractivity contribution in [3.8, 4) is 0 Å². The maximum absolute atomic E-state index is 10.4. The normalized spacial score (nSPS) is 8.87. The van der Waals surface area contributed by atoms with Gasteiger partial charge in [-0.1, -0.05) is 45.4 Å². The minimum atomic E-state index is -0.163. The van der Waals surface area contributed by atoms with Gasteiger partial charge in [-0.05, 0) is 6.42 Å². The lowest BCUT2D eigenvalue weighted by molar-refractivity contribution is -0.118. The first kappa shape index (κ1) is 16.4. The van der Waals surface area contributed by atoms with E-state index in [0.29, 0.717) is 6.42 Å². The zero-order chi connectivity index (χ0) is 11.9. The van der Waals surface area contributed by atoms with Gasteiger partial charge < -0.3 is 11.5 Å². The summed E-state index contributed by atoms with van der Waals surface area (Å²) >= 11 is 0. The predicted molar refractivity (Wildman–Crippen MR) is 62.1 cm³/mol. The van der Waals surface area contributed by atoms with E-state index in [0.717, 1.165) is 12.8 Å². The zero-order valence-corrected chi connectivity index (χ0v) is 9.71. The minimum Gasteiger partial charge on any atom is -0.372 e. The van der Waals surface area contributed by atoms with Gasteiger partial charge in [0.15, 0.2) is 0 Å². The third kappa shape index (κ3) is 24.6. The summed E-state index contributed by atoms with van der Waals surface area (Å²) in [7, 11) is 0. The fourth-order valence-electron chi connectivity index (χ4n) is 1.26. The molecule has 0 atom stereocenters. The average molecular weight is 216 g/mol. The van der Waals surface area contributed by atoms with E-state index in [2.05, 4.69) is 12.7 Å². The summed E-state index contributed by atoms with van der Waals surface area (Å²) in [5, 5.41) is 0. The van der Waals surface area contributed by atoms with E-state index in [1.807, 2.05) is 0 Å². The molecule has 0 aromatic rings. The molecule has 15 heavy (non-hydrogen) atoms. The van der Waals surface area contributed by atoms with Gasteiger partial charge in [-0.2, -0.15) is 0 Å². The SMILES string of the molecule is CCCCCCCCCC(N)=O.NC=O. The van der Waals surface area contributed by atoms with Gasteiger partial charge in [0.05, 0.1) is 0 Å². The Morgan fingerprint density at radius 2 is 1.47 bits per heavy atom. The molecule has 0 aliphatic carbocycles. The molecule has 0 unspecified atom stereocenters. The van der Waals surface area contributed by atoms with Crippen molar-refractivity contribution in [3.63, 3.8) is 0 Å². The van der Waals surface area contributed by atoms with Gasteiger partial charge in [-0.3, -0.25) is 9.59 Å². The van der Waals surface area contributed by atoms with E-state index in [1.54, 1.807) is 0 Å². The molecule has 0 rings (SSSR count). The van der Waals surface area contributed by atoms with Crippen LogP contribution in [-0.2, 0) is 9.59 Å². The molecule has 0 fully saturated rings. The molecule has 2 amide bonds. The second kappa shape index (κ2) is 15.4. The number of carbonyl (C=O) groups excluding carboxylic acids is 2. The van der Waals surface area contributed by atoms with Crippen LogP contribution < -0.4 is 11.5 Å². The molecule has 0 saturated carbocycles. The highest BCUT2D eigenvalue weighted by Crippen LogP contribution is 2.07. The first-order valence-electron chi connectivity index (χ1n) is 5.62. The quantitative estimate of drug-likeness (QED) is 0.478. The van der Waals surface area contributed by atoms with Crippen LogP contribution in [0.15, 0.2) is 0 Å². The second-order valence-electron chi connectivity index (χ2n) is 3.47. The summed E-state index contributed by atoms with van der Waals surface area (Å²) in [6.07, 6.45) is 9.49. The Hall–Kier alpha value is -1.06.